The molecule has 0 saturated heterocycles. The van der Waals surface area contributed by atoms with Crippen molar-refractivity contribution in [3.63, 3.8) is 0 Å². The minimum absolute atomic E-state index is 0.290. The Morgan fingerprint density at radius 3 is 2.35 bits per heavy atom. The fourth-order valence-electron chi connectivity index (χ4n) is 4.30. The van der Waals surface area contributed by atoms with Crippen molar-refractivity contribution in [1.82, 2.24) is 19.7 Å². The minimum atomic E-state index is -0.553. The van der Waals surface area contributed by atoms with Crippen molar-refractivity contribution >= 4 is 17.5 Å². The second-order valence-electron chi connectivity index (χ2n) is 8.31. The van der Waals surface area contributed by atoms with Gasteiger partial charge < -0.3 is 24.8 Å². The summed E-state index contributed by atoms with van der Waals surface area (Å²) < 4.78 is 18.0. The Labute approximate surface area is 213 Å². The quantitative estimate of drug-likeness (QED) is 0.388. The van der Waals surface area contributed by atoms with E-state index >= 15 is 0 Å². The molecule has 10 heteroatoms. The van der Waals surface area contributed by atoms with Gasteiger partial charge in [0.25, 0.3) is 5.91 Å². The molecule has 0 bridgehead atoms. The van der Waals surface area contributed by atoms with Crippen LogP contribution < -0.4 is 24.8 Å². The van der Waals surface area contributed by atoms with Crippen LogP contribution in [0.3, 0.4) is 0 Å². The van der Waals surface area contributed by atoms with Crippen LogP contribution in [0.2, 0.25) is 0 Å². The lowest BCUT2D eigenvalue weighted by atomic mass is 9.96. The van der Waals surface area contributed by atoms with Gasteiger partial charge in [0.05, 0.1) is 32.6 Å². The van der Waals surface area contributed by atoms with E-state index < -0.39 is 6.04 Å². The number of amides is 1. The van der Waals surface area contributed by atoms with Crippen molar-refractivity contribution in [2.45, 2.75) is 13.0 Å². The molecular formula is C27H26N6O4. The molecule has 1 atom stereocenters. The molecule has 2 N–H and O–H groups in total. The zero-order chi connectivity index (χ0) is 25.9. The van der Waals surface area contributed by atoms with Crippen LogP contribution in [-0.4, -0.2) is 47.0 Å². The molecule has 1 aliphatic rings. The van der Waals surface area contributed by atoms with Crippen LogP contribution >= 0.6 is 0 Å². The molecule has 0 unspecified atom stereocenters. The molecule has 10 nitrogen and oxygen atoms in total. The van der Waals surface area contributed by atoms with Crippen molar-refractivity contribution in [2.24, 2.45) is 0 Å². The molecule has 0 fully saturated rings. The highest BCUT2D eigenvalue weighted by Gasteiger charge is 2.34. The van der Waals surface area contributed by atoms with Gasteiger partial charge in [0.1, 0.15) is 23.3 Å². The lowest BCUT2D eigenvalue weighted by molar-refractivity contribution is -0.113. The number of allylic oxidation sites excluding steroid dienone is 1. The maximum Gasteiger partial charge on any atom is 0.255 e. The van der Waals surface area contributed by atoms with Crippen molar-refractivity contribution in [3.8, 4) is 28.6 Å². The van der Waals surface area contributed by atoms with Gasteiger partial charge in [-0.3, -0.25) is 9.78 Å². The third kappa shape index (κ3) is 4.56. The number of benzene rings is 2. The molecule has 37 heavy (non-hydrogen) atoms. The number of pyridine rings is 1. The normalized spacial score (nSPS) is 14.4. The van der Waals surface area contributed by atoms with E-state index in [4.69, 9.17) is 24.3 Å². The van der Waals surface area contributed by atoms with Crippen molar-refractivity contribution < 1.29 is 19.0 Å². The fourth-order valence-corrected chi connectivity index (χ4v) is 4.30. The maximum atomic E-state index is 13.7. The van der Waals surface area contributed by atoms with Gasteiger partial charge in [0, 0.05) is 29.7 Å². The third-order valence-electron chi connectivity index (χ3n) is 6.08. The zero-order valence-electron chi connectivity index (χ0n) is 20.9. The average molecular weight is 499 g/mol. The van der Waals surface area contributed by atoms with Gasteiger partial charge in [-0.15, -0.1) is 5.10 Å². The van der Waals surface area contributed by atoms with E-state index in [0.29, 0.717) is 51.5 Å². The number of carbonyl (C=O) groups excluding carboxylic acids is 1. The minimum Gasteiger partial charge on any atom is -0.497 e. The van der Waals surface area contributed by atoms with Crippen LogP contribution in [-0.2, 0) is 4.79 Å². The molecule has 188 valence electrons. The van der Waals surface area contributed by atoms with E-state index in [1.165, 1.54) is 0 Å². The maximum absolute atomic E-state index is 13.7. The average Bonchev–Trinajstić information content (AvgIpc) is 3.36. The first-order chi connectivity index (χ1) is 18.0. The molecule has 0 aliphatic carbocycles. The van der Waals surface area contributed by atoms with Crippen molar-refractivity contribution in [3.05, 3.63) is 83.8 Å². The molecule has 4 aromatic rings. The summed E-state index contributed by atoms with van der Waals surface area (Å²) in [6.45, 7) is 1.84. The smallest absolute Gasteiger partial charge is 0.255 e. The van der Waals surface area contributed by atoms with Crippen molar-refractivity contribution in [1.29, 1.82) is 0 Å². The van der Waals surface area contributed by atoms with Crippen LogP contribution in [0.1, 0.15) is 18.5 Å². The Bertz CT molecular complexity index is 1460. The first-order valence-electron chi connectivity index (χ1n) is 11.5. The van der Waals surface area contributed by atoms with Crippen LogP contribution in [0.25, 0.3) is 11.4 Å². The van der Waals surface area contributed by atoms with Gasteiger partial charge in [-0.05, 0) is 48.9 Å². The van der Waals surface area contributed by atoms with Gasteiger partial charge in [-0.25, -0.2) is 4.68 Å². The number of ether oxygens (including phenoxy) is 3. The molecule has 0 saturated carbocycles. The van der Waals surface area contributed by atoms with Crippen LogP contribution in [0.5, 0.6) is 17.2 Å². The largest absolute Gasteiger partial charge is 0.497 e. The summed E-state index contributed by atoms with van der Waals surface area (Å²) in [5.74, 6) is 2.47. The Morgan fingerprint density at radius 1 is 0.973 bits per heavy atom. The van der Waals surface area contributed by atoms with Crippen LogP contribution in [0.4, 0.5) is 11.6 Å². The number of rotatable bonds is 7. The Hall–Kier alpha value is -4.86. The van der Waals surface area contributed by atoms with Gasteiger partial charge in [0.15, 0.2) is 5.82 Å². The predicted molar refractivity (Wildman–Crippen MR) is 139 cm³/mol. The summed E-state index contributed by atoms with van der Waals surface area (Å²) in [5, 5.41) is 11.1. The van der Waals surface area contributed by atoms with Crippen LogP contribution in [0, 0.1) is 0 Å². The first kappa shape index (κ1) is 23.9. The second kappa shape index (κ2) is 10.0. The summed E-state index contributed by atoms with van der Waals surface area (Å²) in [5.41, 5.74) is 3.26. The molecule has 0 spiro atoms. The van der Waals surface area contributed by atoms with E-state index in [0.717, 1.165) is 5.56 Å². The van der Waals surface area contributed by atoms with Crippen molar-refractivity contribution in [2.75, 3.05) is 32.0 Å². The number of hydrogen-bond acceptors (Lipinski definition) is 8. The molecule has 0 radical (unpaired) electrons. The van der Waals surface area contributed by atoms with Gasteiger partial charge in [0.2, 0.25) is 5.95 Å². The number of hydrogen-bond donors (Lipinski definition) is 2. The highest BCUT2D eigenvalue weighted by Crippen LogP contribution is 2.38. The number of para-hydroxylation sites is 2. The number of fused-ring (bicyclic) bond motifs is 1. The molecule has 1 aliphatic heterocycles. The lowest BCUT2D eigenvalue weighted by Gasteiger charge is -2.28. The third-order valence-corrected chi connectivity index (χ3v) is 6.08. The molecule has 5 rings (SSSR count). The number of carbonyl (C=O) groups is 1. The number of methoxy groups -OCH3 is 3. The number of nitrogens with one attached hydrogen (secondary N) is 2. The summed E-state index contributed by atoms with van der Waals surface area (Å²) in [7, 11) is 4.74. The lowest BCUT2D eigenvalue weighted by Crippen LogP contribution is -2.31. The first-order valence-corrected chi connectivity index (χ1v) is 11.5. The summed E-state index contributed by atoms with van der Waals surface area (Å²) >= 11 is 0. The molecule has 2 aromatic carbocycles. The Kier molecular flexibility index (Phi) is 6.46. The van der Waals surface area contributed by atoms with E-state index in [1.54, 1.807) is 56.6 Å². The second-order valence-corrected chi connectivity index (χ2v) is 8.31. The van der Waals surface area contributed by atoms with Gasteiger partial charge in [-0.1, -0.05) is 12.1 Å². The topological polar surface area (TPSA) is 112 Å². The van der Waals surface area contributed by atoms with Gasteiger partial charge in [-0.2, -0.15) is 4.98 Å². The Balaban J connectivity index is 1.59. The summed E-state index contributed by atoms with van der Waals surface area (Å²) in [6.07, 6.45) is 3.37. The zero-order valence-corrected chi connectivity index (χ0v) is 20.9. The molecule has 3 heterocycles. The molecular weight excluding hydrogens is 472 g/mol. The van der Waals surface area contributed by atoms with E-state index in [-0.39, 0.29) is 5.91 Å². The number of anilines is 2. The monoisotopic (exact) mass is 498 g/mol. The van der Waals surface area contributed by atoms with Crippen LogP contribution in [0.15, 0.2) is 78.3 Å². The summed E-state index contributed by atoms with van der Waals surface area (Å²) in [4.78, 5) is 22.6. The standard InChI is InChI=1S/C27H26N6O4/c1-16-23(26(34)30-21-7-5-6-8-22(21)37-4)24(17-9-11-28-12-10-17)33-27(29-16)31-25(32-33)18-13-19(35-2)15-20(14-18)36-3/h5-15,24H,1-4H3,(H,30,34)(H,29,31,32)/t24-/m1/s1. The number of aromatic nitrogens is 4. The van der Waals surface area contributed by atoms with E-state index in [2.05, 4.69) is 15.6 Å². The SMILES string of the molecule is COc1cc(OC)cc(-c2nc3n(n2)[C@H](c2ccncc2)C(C(=O)Nc2ccccc2OC)=C(C)N3)c1. The molecule has 2 aromatic heterocycles. The molecule has 1 amide bonds. The Morgan fingerprint density at radius 2 is 1.68 bits per heavy atom. The highest BCUT2D eigenvalue weighted by atomic mass is 16.5. The summed E-state index contributed by atoms with van der Waals surface area (Å²) in [6, 6.07) is 15.9. The fraction of sp³-hybridized carbons (Fsp3) is 0.185. The van der Waals surface area contributed by atoms with Gasteiger partial charge >= 0.3 is 0 Å². The number of nitrogens with zero attached hydrogens (tertiary/aromatic N) is 4. The van der Waals surface area contributed by atoms with E-state index in [9.17, 15) is 4.79 Å². The predicted octanol–water partition coefficient (Wildman–Crippen LogP) is 4.29. The van der Waals surface area contributed by atoms with E-state index in [1.807, 2.05) is 43.3 Å². The highest BCUT2D eigenvalue weighted by molar-refractivity contribution is 6.06.